The highest BCUT2D eigenvalue weighted by Gasteiger charge is 2.02. The van der Waals surface area contributed by atoms with Crippen LogP contribution >= 0.6 is 0 Å². The number of rotatable bonds is 7. The quantitative estimate of drug-likeness (QED) is 0.459. The normalized spacial score (nSPS) is 10.5. The van der Waals surface area contributed by atoms with Crippen LogP contribution in [0.4, 0.5) is 0 Å². The Hall–Kier alpha value is -0.610. The molecule has 0 bridgehead atoms. The second-order valence-electron chi connectivity index (χ2n) is 3.53. The van der Waals surface area contributed by atoms with Gasteiger partial charge >= 0.3 is 0 Å². The van der Waals surface area contributed by atoms with Crippen molar-refractivity contribution in [2.45, 2.75) is 33.1 Å². The molecule has 0 aliphatic heterocycles. The Labute approximate surface area is 79.8 Å². The summed E-state index contributed by atoms with van der Waals surface area (Å²) in [5, 5.41) is 2.84. The molecule has 0 aliphatic carbocycles. The first kappa shape index (κ1) is 12.4. The average Bonchev–Trinajstić information content (AvgIpc) is 2.02. The van der Waals surface area contributed by atoms with Crippen LogP contribution in [0.2, 0.25) is 0 Å². The molecule has 0 aromatic heterocycles. The molecule has 13 heavy (non-hydrogen) atoms. The summed E-state index contributed by atoms with van der Waals surface area (Å²) in [6, 6.07) is 0. The summed E-state index contributed by atoms with van der Waals surface area (Å²) in [7, 11) is 0. The summed E-state index contributed by atoms with van der Waals surface area (Å²) in [4.78, 5) is 15.5. The van der Waals surface area contributed by atoms with E-state index in [9.17, 15) is 4.79 Å². The highest BCUT2D eigenvalue weighted by atomic mass is 16.6. The van der Waals surface area contributed by atoms with Gasteiger partial charge in [-0.05, 0) is 18.8 Å². The van der Waals surface area contributed by atoms with Gasteiger partial charge in [-0.15, -0.1) is 0 Å². The van der Waals surface area contributed by atoms with Crippen molar-refractivity contribution in [3.8, 4) is 0 Å². The van der Waals surface area contributed by atoms with Crippen LogP contribution in [0.3, 0.4) is 0 Å². The third kappa shape index (κ3) is 9.30. The zero-order chi connectivity index (χ0) is 10.1. The lowest BCUT2D eigenvalue weighted by molar-refractivity contribution is -0.121. The Bertz CT molecular complexity index is 138. The maximum absolute atomic E-state index is 11.1. The van der Waals surface area contributed by atoms with Crippen LogP contribution in [-0.2, 0) is 9.63 Å². The van der Waals surface area contributed by atoms with E-state index in [1.54, 1.807) is 0 Å². The van der Waals surface area contributed by atoms with Crippen molar-refractivity contribution in [1.82, 2.24) is 5.32 Å². The van der Waals surface area contributed by atoms with Gasteiger partial charge in [0, 0.05) is 13.0 Å². The fraction of sp³-hybridized carbons (Fsp3) is 0.889. The maximum Gasteiger partial charge on any atom is 0.220 e. The molecule has 4 heteroatoms. The van der Waals surface area contributed by atoms with Gasteiger partial charge in [-0.25, -0.2) is 5.90 Å². The standard InChI is InChI=1S/C9H20N2O2/c1-8(2)7-9(12)11-5-3-4-6-13-10/h8H,3-7,10H2,1-2H3,(H,11,12). The van der Waals surface area contributed by atoms with E-state index >= 15 is 0 Å². The molecule has 0 saturated carbocycles. The number of nitrogens with one attached hydrogen (secondary N) is 1. The Kier molecular flexibility index (Phi) is 7.63. The van der Waals surface area contributed by atoms with E-state index in [4.69, 9.17) is 5.90 Å². The highest BCUT2D eigenvalue weighted by molar-refractivity contribution is 5.75. The van der Waals surface area contributed by atoms with Crippen molar-refractivity contribution >= 4 is 5.91 Å². The molecule has 0 heterocycles. The van der Waals surface area contributed by atoms with Gasteiger partial charge in [0.2, 0.25) is 5.91 Å². The largest absolute Gasteiger partial charge is 0.356 e. The molecule has 0 spiro atoms. The first-order valence-electron chi connectivity index (χ1n) is 4.75. The number of unbranched alkanes of at least 4 members (excludes halogenated alkanes) is 1. The van der Waals surface area contributed by atoms with E-state index in [1.165, 1.54) is 0 Å². The smallest absolute Gasteiger partial charge is 0.220 e. The van der Waals surface area contributed by atoms with Crippen LogP contribution in [0.25, 0.3) is 0 Å². The van der Waals surface area contributed by atoms with Crippen molar-refractivity contribution < 1.29 is 9.63 Å². The molecule has 1 amide bonds. The second kappa shape index (κ2) is 8.01. The predicted molar refractivity (Wildman–Crippen MR) is 51.8 cm³/mol. The Balaban J connectivity index is 3.17. The molecule has 0 atom stereocenters. The molecule has 0 aromatic rings. The topological polar surface area (TPSA) is 64.3 Å². The molecule has 0 aromatic carbocycles. The Morgan fingerprint density at radius 3 is 2.69 bits per heavy atom. The van der Waals surface area contributed by atoms with Crippen molar-refractivity contribution in [2.75, 3.05) is 13.2 Å². The lowest BCUT2D eigenvalue weighted by Gasteiger charge is -2.06. The summed E-state index contributed by atoms with van der Waals surface area (Å²) in [6.45, 7) is 5.33. The fourth-order valence-electron chi connectivity index (χ4n) is 0.981. The van der Waals surface area contributed by atoms with Crippen LogP contribution in [0.1, 0.15) is 33.1 Å². The highest BCUT2D eigenvalue weighted by Crippen LogP contribution is 1.98. The van der Waals surface area contributed by atoms with Crippen molar-refractivity contribution in [3.05, 3.63) is 0 Å². The maximum atomic E-state index is 11.1. The van der Waals surface area contributed by atoms with Gasteiger partial charge in [-0.1, -0.05) is 13.8 Å². The third-order valence-electron chi connectivity index (χ3n) is 1.60. The van der Waals surface area contributed by atoms with Gasteiger partial charge in [-0.2, -0.15) is 0 Å². The van der Waals surface area contributed by atoms with Crippen LogP contribution in [0.5, 0.6) is 0 Å². The van der Waals surface area contributed by atoms with Crippen LogP contribution in [0, 0.1) is 5.92 Å². The first-order valence-corrected chi connectivity index (χ1v) is 4.75. The van der Waals surface area contributed by atoms with Gasteiger partial charge in [0.25, 0.3) is 0 Å². The molecule has 0 radical (unpaired) electrons. The number of hydrogen-bond acceptors (Lipinski definition) is 3. The fourth-order valence-corrected chi connectivity index (χ4v) is 0.981. The summed E-state index contributed by atoms with van der Waals surface area (Å²) in [5.74, 6) is 5.40. The molecule has 0 saturated heterocycles. The monoisotopic (exact) mass is 188 g/mol. The Morgan fingerprint density at radius 1 is 1.46 bits per heavy atom. The van der Waals surface area contributed by atoms with E-state index in [2.05, 4.69) is 10.2 Å². The van der Waals surface area contributed by atoms with Gasteiger partial charge in [0.1, 0.15) is 0 Å². The summed E-state index contributed by atoms with van der Waals surface area (Å²) in [6.07, 6.45) is 2.41. The van der Waals surface area contributed by atoms with E-state index in [0.29, 0.717) is 18.9 Å². The van der Waals surface area contributed by atoms with E-state index in [-0.39, 0.29) is 5.91 Å². The third-order valence-corrected chi connectivity index (χ3v) is 1.60. The molecule has 4 nitrogen and oxygen atoms in total. The summed E-state index contributed by atoms with van der Waals surface area (Å²) < 4.78 is 0. The lowest BCUT2D eigenvalue weighted by Crippen LogP contribution is -2.25. The summed E-state index contributed by atoms with van der Waals surface area (Å²) >= 11 is 0. The molecule has 0 aliphatic rings. The molecule has 78 valence electrons. The van der Waals surface area contributed by atoms with Gasteiger partial charge in [0.15, 0.2) is 0 Å². The van der Waals surface area contributed by atoms with E-state index in [0.717, 1.165) is 19.4 Å². The molecule has 0 unspecified atom stereocenters. The van der Waals surface area contributed by atoms with Crippen molar-refractivity contribution in [3.63, 3.8) is 0 Å². The zero-order valence-electron chi connectivity index (χ0n) is 8.51. The van der Waals surface area contributed by atoms with E-state index in [1.807, 2.05) is 13.8 Å². The van der Waals surface area contributed by atoms with Crippen LogP contribution < -0.4 is 11.2 Å². The summed E-state index contributed by atoms with van der Waals surface area (Å²) in [5.41, 5.74) is 0. The number of carbonyl (C=O) groups is 1. The minimum Gasteiger partial charge on any atom is -0.356 e. The van der Waals surface area contributed by atoms with Crippen LogP contribution in [0.15, 0.2) is 0 Å². The van der Waals surface area contributed by atoms with Gasteiger partial charge in [0.05, 0.1) is 6.61 Å². The SMILES string of the molecule is CC(C)CC(=O)NCCCCON. The number of carbonyl (C=O) groups excluding carboxylic acids is 1. The zero-order valence-corrected chi connectivity index (χ0v) is 8.51. The minimum absolute atomic E-state index is 0.128. The number of hydrogen-bond donors (Lipinski definition) is 2. The second-order valence-corrected chi connectivity index (χ2v) is 3.53. The minimum atomic E-state index is 0.128. The number of amides is 1. The van der Waals surface area contributed by atoms with Gasteiger partial charge < -0.3 is 10.2 Å². The van der Waals surface area contributed by atoms with Crippen molar-refractivity contribution in [2.24, 2.45) is 11.8 Å². The van der Waals surface area contributed by atoms with Gasteiger partial charge in [-0.3, -0.25) is 4.79 Å². The Morgan fingerprint density at radius 2 is 2.15 bits per heavy atom. The average molecular weight is 188 g/mol. The first-order chi connectivity index (χ1) is 6.16. The molecular formula is C9H20N2O2. The molecular weight excluding hydrogens is 168 g/mol. The lowest BCUT2D eigenvalue weighted by atomic mass is 10.1. The molecule has 0 rings (SSSR count). The molecule has 3 N–H and O–H groups in total. The van der Waals surface area contributed by atoms with E-state index < -0.39 is 0 Å². The predicted octanol–water partition coefficient (Wildman–Crippen LogP) is 0.819. The van der Waals surface area contributed by atoms with Crippen LogP contribution in [-0.4, -0.2) is 19.1 Å². The number of nitrogens with two attached hydrogens (primary N) is 1. The molecule has 0 fully saturated rings. The van der Waals surface area contributed by atoms with Crippen molar-refractivity contribution in [1.29, 1.82) is 0 Å².